The number of carboxylic acids is 1. The SMILES string of the molecule is CC(C(=O)Nc1cc(COc2ccccc2)ccc1Cc1ccccc1C(=O)O)C1=c2ccccc2=C(F)CC1. The van der Waals surface area contributed by atoms with Gasteiger partial charge in [-0.2, -0.15) is 0 Å². The highest BCUT2D eigenvalue weighted by atomic mass is 19.1. The molecular weight excluding hydrogens is 505 g/mol. The molecule has 0 bridgehead atoms. The summed E-state index contributed by atoms with van der Waals surface area (Å²) in [4.78, 5) is 25.4. The molecule has 4 aromatic carbocycles. The number of fused-ring (bicyclic) bond motifs is 1. The van der Waals surface area contributed by atoms with E-state index in [0.717, 1.165) is 27.7 Å². The Balaban J connectivity index is 1.47. The second-order valence-electron chi connectivity index (χ2n) is 9.92. The lowest BCUT2D eigenvalue weighted by Gasteiger charge is -2.21. The molecule has 2 N–H and O–H groups in total. The predicted octanol–water partition coefficient (Wildman–Crippen LogP) is 5.85. The Hall–Kier alpha value is -4.71. The van der Waals surface area contributed by atoms with Crippen molar-refractivity contribution in [1.29, 1.82) is 0 Å². The summed E-state index contributed by atoms with van der Waals surface area (Å²) in [5.41, 5.74) is 4.00. The second kappa shape index (κ2) is 12.0. The number of nitrogens with one attached hydrogen (secondary N) is 1. The van der Waals surface area contributed by atoms with Crippen molar-refractivity contribution in [3.63, 3.8) is 0 Å². The Bertz CT molecular complexity index is 1680. The molecule has 0 heterocycles. The van der Waals surface area contributed by atoms with Crippen LogP contribution in [0.15, 0.2) is 97.1 Å². The summed E-state index contributed by atoms with van der Waals surface area (Å²) in [7, 11) is 0. The zero-order valence-corrected chi connectivity index (χ0v) is 22.2. The number of hydrogen-bond donors (Lipinski definition) is 2. The first-order chi connectivity index (χ1) is 19.4. The number of hydrogen-bond acceptors (Lipinski definition) is 3. The average molecular weight is 536 g/mol. The highest BCUT2D eigenvalue weighted by molar-refractivity contribution is 5.98. The quantitative estimate of drug-likeness (QED) is 0.282. The molecule has 202 valence electrons. The molecule has 5 nitrogen and oxygen atoms in total. The van der Waals surface area contributed by atoms with E-state index in [-0.39, 0.29) is 23.7 Å². The van der Waals surface area contributed by atoms with Crippen molar-refractivity contribution in [2.24, 2.45) is 5.92 Å². The first-order valence-electron chi connectivity index (χ1n) is 13.3. The molecule has 0 fully saturated rings. The van der Waals surface area contributed by atoms with E-state index in [2.05, 4.69) is 5.32 Å². The predicted molar refractivity (Wildman–Crippen MR) is 154 cm³/mol. The van der Waals surface area contributed by atoms with Gasteiger partial charge in [0, 0.05) is 23.7 Å². The van der Waals surface area contributed by atoms with Gasteiger partial charge in [0.1, 0.15) is 18.2 Å². The molecule has 1 amide bonds. The van der Waals surface area contributed by atoms with Gasteiger partial charge in [0.05, 0.1) is 11.5 Å². The minimum Gasteiger partial charge on any atom is -0.489 e. The maximum Gasteiger partial charge on any atom is 0.335 e. The largest absolute Gasteiger partial charge is 0.489 e. The number of para-hydroxylation sites is 1. The molecule has 1 unspecified atom stereocenters. The number of ether oxygens (including phenoxy) is 1. The van der Waals surface area contributed by atoms with Crippen molar-refractivity contribution in [2.75, 3.05) is 5.32 Å². The van der Waals surface area contributed by atoms with Crippen LogP contribution in [0, 0.1) is 5.92 Å². The Labute approximate surface area is 232 Å². The summed E-state index contributed by atoms with van der Waals surface area (Å²) in [5, 5.41) is 14.1. The molecule has 5 rings (SSSR count). The van der Waals surface area contributed by atoms with Crippen molar-refractivity contribution >= 4 is 29.0 Å². The fourth-order valence-electron chi connectivity index (χ4n) is 5.12. The van der Waals surface area contributed by atoms with Gasteiger partial charge in [0.25, 0.3) is 0 Å². The molecular formula is C34H30FNO4. The highest BCUT2D eigenvalue weighted by Crippen LogP contribution is 2.27. The maximum atomic E-state index is 14.5. The zero-order valence-electron chi connectivity index (χ0n) is 22.2. The standard InChI is InChI=1S/C34H30FNO4/c1-22(27-17-18-31(35)30-14-8-7-13-29(27)30)33(37)36-32-19-23(21-40-26-10-3-2-4-11-26)15-16-25(32)20-24-9-5-6-12-28(24)34(38)39/h2-16,19,22H,17-18,20-21H2,1H3,(H,36,37)(H,38,39). The smallest absolute Gasteiger partial charge is 0.335 e. The monoisotopic (exact) mass is 535 g/mol. The third-order valence-electron chi connectivity index (χ3n) is 7.30. The number of anilines is 1. The number of amides is 1. The van der Waals surface area contributed by atoms with Crippen molar-refractivity contribution in [2.45, 2.75) is 32.8 Å². The molecule has 4 aromatic rings. The van der Waals surface area contributed by atoms with Crippen LogP contribution in [0.3, 0.4) is 0 Å². The van der Waals surface area contributed by atoms with Crippen molar-refractivity contribution in [3.05, 3.63) is 130 Å². The van der Waals surface area contributed by atoms with Gasteiger partial charge >= 0.3 is 5.97 Å². The average Bonchev–Trinajstić information content (AvgIpc) is 2.98. The van der Waals surface area contributed by atoms with E-state index in [4.69, 9.17) is 4.74 Å². The van der Waals surface area contributed by atoms with Crippen LogP contribution in [0.2, 0.25) is 0 Å². The normalized spacial score (nSPS) is 13.3. The summed E-state index contributed by atoms with van der Waals surface area (Å²) in [6.07, 6.45) is 1.07. The molecule has 0 spiro atoms. The lowest BCUT2D eigenvalue weighted by Crippen LogP contribution is -2.35. The van der Waals surface area contributed by atoms with E-state index < -0.39 is 11.9 Å². The highest BCUT2D eigenvalue weighted by Gasteiger charge is 2.23. The van der Waals surface area contributed by atoms with Gasteiger partial charge in [-0.3, -0.25) is 4.79 Å². The number of rotatable bonds is 9. The van der Waals surface area contributed by atoms with Crippen molar-refractivity contribution < 1.29 is 23.8 Å². The number of carbonyl (C=O) groups excluding carboxylic acids is 1. The molecule has 1 atom stereocenters. The number of carbonyl (C=O) groups is 2. The minimum absolute atomic E-state index is 0.155. The molecule has 1 aliphatic carbocycles. The van der Waals surface area contributed by atoms with Gasteiger partial charge in [-0.25, -0.2) is 9.18 Å². The molecule has 0 aromatic heterocycles. The lowest BCUT2D eigenvalue weighted by molar-refractivity contribution is -0.117. The topological polar surface area (TPSA) is 75.6 Å². The van der Waals surface area contributed by atoms with E-state index in [9.17, 15) is 19.1 Å². The van der Waals surface area contributed by atoms with Gasteiger partial charge in [0.15, 0.2) is 0 Å². The van der Waals surface area contributed by atoms with E-state index in [1.807, 2.05) is 67.6 Å². The second-order valence-corrected chi connectivity index (χ2v) is 9.92. The third-order valence-corrected chi connectivity index (χ3v) is 7.30. The van der Waals surface area contributed by atoms with Crippen LogP contribution in [0.1, 0.15) is 46.8 Å². The molecule has 0 saturated carbocycles. The van der Waals surface area contributed by atoms with Crippen LogP contribution >= 0.6 is 0 Å². The number of benzene rings is 4. The molecule has 0 saturated heterocycles. The van der Waals surface area contributed by atoms with E-state index in [1.165, 1.54) is 0 Å². The van der Waals surface area contributed by atoms with Crippen molar-refractivity contribution in [3.8, 4) is 5.75 Å². The van der Waals surface area contributed by atoms with E-state index in [1.54, 1.807) is 36.4 Å². The number of carboxylic acid groups (broad SMARTS) is 1. The first kappa shape index (κ1) is 26.9. The van der Waals surface area contributed by atoms with Crippen molar-refractivity contribution in [1.82, 2.24) is 0 Å². The minimum atomic E-state index is -1.00. The van der Waals surface area contributed by atoms with Crippen LogP contribution < -0.4 is 20.5 Å². The lowest BCUT2D eigenvalue weighted by atomic mass is 9.89. The molecule has 6 heteroatoms. The number of halogens is 1. The molecule has 0 radical (unpaired) electrons. The summed E-state index contributed by atoms with van der Waals surface area (Å²) in [6.45, 7) is 2.14. The van der Waals surface area contributed by atoms with Gasteiger partial charge in [-0.1, -0.05) is 72.8 Å². The van der Waals surface area contributed by atoms with E-state index >= 15 is 0 Å². The van der Waals surface area contributed by atoms with Gasteiger partial charge < -0.3 is 15.2 Å². The maximum absolute atomic E-state index is 14.5. The Morgan fingerprint density at radius 2 is 1.57 bits per heavy atom. The van der Waals surface area contributed by atoms with Gasteiger partial charge in [-0.15, -0.1) is 0 Å². The number of aromatic carboxylic acids is 1. The van der Waals surface area contributed by atoms with Crippen LogP contribution in [-0.4, -0.2) is 17.0 Å². The van der Waals surface area contributed by atoms with Crippen LogP contribution in [-0.2, 0) is 17.8 Å². The summed E-state index contributed by atoms with van der Waals surface area (Å²) >= 11 is 0. The van der Waals surface area contributed by atoms with Gasteiger partial charge in [0.2, 0.25) is 5.91 Å². The summed E-state index contributed by atoms with van der Waals surface area (Å²) in [5.74, 6) is -1.12. The van der Waals surface area contributed by atoms with E-state index in [0.29, 0.717) is 35.9 Å². The molecule has 0 aliphatic heterocycles. The fraction of sp³-hybridized carbons (Fsp3) is 0.176. The fourth-order valence-corrected chi connectivity index (χ4v) is 5.12. The van der Waals surface area contributed by atoms with Gasteiger partial charge in [-0.05, 0) is 65.1 Å². The Morgan fingerprint density at radius 1 is 0.875 bits per heavy atom. The van der Waals surface area contributed by atoms with Crippen LogP contribution in [0.25, 0.3) is 11.4 Å². The molecule has 40 heavy (non-hydrogen) atoms. The summed E-state index contributed by atoms with van der Waals surface area (Å²) in [6, 6.07) is 29.3. The summed E-state index contributed by atoms with van der Waals surface area (Å²) < 4.78 is 20.4. The van der Waals surface area contributed by atoms with Crippen LogP contribution in [0.5, 0.6) is 5.75 Å². The Morgan fingerprint density at radius 3 is 2.35 bits per heavy atom. The first-order valence-corrected chi connectivity index (χ1v) is 13.3. The molecule has 1 aliphatic rings. The van der Waals surface area contributed by atoms with Crippen LogP contribution in [0.4, 0.5) is 10.1 Å². The Kier molecular flexibility index (Phi) is 8.06. The third kappa shape index (κ3) is 5.96. The zero-order chi connectivity index (χ0) is 28.1.